The molecule has 70 valence electrons. The molecule has 0 aliphatic rings. The van der Waals surface area contributed by atoms with Gasteiger partial charge < -0.3 is 0 Å². The first kappa shape index (κ1) is 10.3. The van der Waals surface area contributed by atoms with Gasteiger partial charge in [0.05, 0.1) is 0 Å². The smallest absolute Gasteiger partial charge is 0.0411 e. The molecule has 0 amide bonds. The lowest BCUT2D eigenvalue weighted by Crippen LogP contribution is -1.77. The lowest BCUT2D eigenvalue weighted by atomic mass is 10.1. The number of hydrogen-bond donors (Lipinski definition) is 0. The SMILES string of the molecule is CCC/C(C)=C/c1cccc(Cl)c1. The van der Waals surface area contributed by atoms with Crippen LogP contribution in [-0.2, 0) is 0 Å². The molecule has 0 bridgehead atoms. The van der Waals surface area contributed by atoms with Crippen LogP contribution < -0.4 is 0 Å². The molecular formula is C12H15Cl. The Balaban J connectivity index is 2.78. The Morgan fingerprint density at radius 2 is 2.23 bits per heavy atom. The highest BCUT2D eigenvalue weighted by atomic mass is 35.5. The second-order valence-corrected chi connectivity index (χ2v) is 3.73. The van der Waals surface area contributed by atoms with Gasteiger partial charge in [-0.1, -0.05) is 48.7 Å². The molecule has 1 aromatic carbocycles. The summed E-state index contributed by atoms with van der Waals surface area (Å²) in [5, 5.41) is 0.804. The van der Waals surface area contributed by atoms with E-state index in [1.165, 1.54) is 17.6 Å². The van der Waals surface area contributed by atoms with Gasteiger partial charge in [0.25, 0.3) is 0 Å². The molecule has 0 radical (unpaired) electrons. The molecule has 0 saturated heterocycles. The van der Waals surface area contributed by atoms with Crippen LogP contribution in [0.2, 0.25) is 5.02 Å². The van der Waals surface area contributed by atoms with E-state index in [2.05, 4.69) is 26.0 Å². The first-order valence-electron chi connectivity index (χ1n) is 4.65. The summed E-state index contributed by atoms with van der Waals surface area (Å²) in [4.78, 5) is 0. The highest BCUT2D eigenvalue weighted by Gasteiger charge is 1.91. The third-order valence-corrected chi connectivity index (χ3v) is 2.14. The topological polar surface area (TPSA) is 0 Å². The predicted octanol–water partition coefficient (Wildman–Crippen LogP) is 4.54. The number of rotatable bonds is 3. The van der Waals surface area contributed by atoms with E-state index < -0.39 is 0 Å². The van der Waals surface area contributed by atoms with Crippen molar-refractivity contribution in [3.05, 3.63) is 40.4 Å². The van der Waals surface area contributed by atoms with Crippen molar-refractivity contribution in [2.24, 2.45) is 0 Å². The summed E-state index contributed by atoms with van der Waals surface area (Å²) in [6.07, 6.45) is 4.55. The van der Waals surface area contributed by atoms with Gasteiger partial charge in [-0.2, -0.15) is 0 Å². The van der Waals surface area contributed by atoms with Gasteiger partial charge in [-0.3, -0.25) is 0 Å². The fraction of sp³-hybridized carbons (Fsp3) is 0.333. The van der Waals surface area contributed by atoms with Crippen molar-refractivity contribution in [2.75, 3.05) is 0 Å². The standard InChI is InChI=1S/C12H15Cl/c1-3-5-10(2)8-11-6-4-7-12(13)9-11/h4,6-9H,3,5H2,1-2H3/b10-8+. The maximum atomic E-state index is 5.88. The minimum absolute atomic E-state index is 0.804. The highest BCUT2D eigenvalue weighted by molar-refractivity contribution is 6.30. The van der Waals surface area contributed by atoms with Crippen molar-refractivity contribution in [1.82, 2.24) is 0 Å². The summed E-state index contributed by atoms with van der Waals surface area (Å²) >= 11 is 5.88. The molecule has 0 unspecified atom stereocenters. The van der Waals surface area contributed by atoms with Gasteiger partial charge in [0.1, 0.15) is 0 Å². The Bertz CT molecular complexity index is 300. The van der Waals surface area contributed by atoms with Crippen LogP contribution in [0.15, 0.2) is 29.8 Å². The van der Waals surface area contributed by atoms with Gasteiger partial charge in [-0.25, -0.2) is 0 Å². The predicted molar refractivity (Wildman–Crippen MR) is 60.0 cm³/mol. The molecule has 0 aromatic heterocycles. The number of halogens is 1. The molecule has 13 heavy (non-hydrogen) atoms. The van der Waals surface area contributed by atoms with E-state index in [4.69, 9.17) is 11.6 Å². The number of benzene rings is 1. The zero-order valence-electron chi connectivity index (χ0n) is 8.18. The molecule has 0 N–H and O–H groups in total. The van der Waals surface area contributed by atoms with Gasteiger partial charge in [-0.15, -0.1) is 0 Å². The maximum absolute atomic E-state index is 5.88. The lowest BCUT2D eigenvalue weighted by Gasteiger charge is -1.99. The van der Waals surface area contributed by atoms with E-state index in [1.807, 2.05) is 18.2 Å². The van der Waals surface area contributed by atoms with Crippen molar-refractivity contribution in [1.29, 1.82) is 0 Å². The van der Waals surface area contributed by atoms with E-state index in [0.29, 0.717) is 0 Å². The fourth-order valence-electron chi connectivity index (χ4n) is 1.35. The second-order valence-electron chi connectivity index (χ2n) is 3.30. The van der Waals surface area contributed by atoms with Crippen LogP contribution in [0.5, 0.6) is 0 Å². The monoisotopic (exact) mass is 194 g/mol. The summed E-state index contributed by atoms with van der Waals surface area (Å²) in [6, 6.07) is 7.94. The van der Waals surface area contributed by atoms with Gasteiger partial charge >= 0.3 is 0 Å². The van der Waals surface area contributed by atoms with E-state index in [1.54, 1.807) is 0 Å². The Labute approximate surface area is 85.2 Å². The number of hydrogen-bond acceptors (Lipinski definition) is 0. The average Bonchev–Trinajstić information content (AvgIpc) is 2.04. The Morgan fingerprint density at radius 1 is 1.46 bits per heavy atom. The molecular weight excluding hydrogens is 180 g/mol. The molecule has 0 aliphatic heterocycles. The minimum Gasteiger partial charge on any atom is -0.0843 e. The average molecular weight is 195 g/mol. The first-order chi connectivity index (χ1) is 6.22. The third-order valence-electron chi connectivity index (χ3n) is 1.91. The normalized spacial score (nSPS) is 11.8. The molecule has 0 spiro atoms. The summed E-state index contributed by atoms with van der Waals surface area (Å²) in [5.41, 5.74) is 2.60. The first-order valence-corrected chi connectivity index (χ1v) is 5.03. The molecule has 0 fully saturated rings. The summed E-state index contributed by atoms with van der Waals surface area (Å²) in [6.45, 7) is 4.35. The maximum Gasteiger partial charge on any atom is 0.0411 e. The molecule has 0 atom stereocenters. The molecule has 1 heteroatoms. The Hall–Kier alpha value is -0.750. The van der Waals surface area contributed by atoms with Gasteiger partial charge in [0.15, 0.2) is 0 Å². The fourth-order valence-corrected chi connectivity index (χ4v) is 1.55. The Morgan fingerprint density at radius 3 is 2.85 bits per heavy atom. The molecule has 0 aliphatic carbocycles. The van der Waals surface area contributed by atoms with Gasteiger partial charge in [-0.05, 0) is 31.0 Å². The van der Waals surface area contributed by atoms with Crippen LogP contribution >= 0.6 is 11.6 Å². The quantitative estimate of drug-likeness (QED) is 0.663. The van der Waals surface area contributed by atoms with Crippen LogP contribution in [0, 0.1) is 0 Å². The van der Waals surface area contributed by atoms with Gasteiger partial charge in [0.2, 0.25) is 0 Å². The van der Waals surface area contributed by atoms with Crippen LogP contribution in [-0.4, -0.2) is 0 Å². The molecule has 0 heterocycles. The van der Waals surface area contributed by atoms with Crippen molar-refractivity contribution < 1.29 is 0 Å². The van der Waals surface area contributed by atoms with Crippen LogP contribution in [0.25, 0.3) is 6.08 Å². The van der Waals surface area contributed by atoms with E-state index in [-0.39, 0.29) is 0 Å². The summed E-state index contributed by atoms with van der Waals surface area (Å²) < 4.78 is 0. The second kappa shape index (κ2) is 5.08. The van der Waals surface area contributed by atoms with Crippen LogP contribution in [0.4, 0.5) is 0 Å². The van der Waals surface area contributed by atoms with Crippen LogP contribution in [0.3, 0.4) is 0 Å². The molecule has 1 aromatic rings. The highest BCUT2D eigenvalue weighted by Crippen LogP contribution is 2.15. The van der Waals surface area contributed by atoms with Crippen molar-refractivity contribution in [3.8, 4) is 0 Å². The third kappa shape index (κ3) is 3.65. The van der Waals surface area contributed by atoms with Gasteiger partial charge in [0, 0.05) is 5.02 Å². The largest absolute Gasteiger partial charge is 0.0843 e. The zero-order valence-corrected chi connectivity index (χ0v) is 8.93. The zero-order chi connectivity index (χ0) is 9.68. The van der Waals surface area contributed by atoms with Crippen LogP contribution in [0.1, 0.15) is 32.3 Å². The Kier molecular flexibility index (Phi) is 4.04. The van der Waals surface area contributed by atoms with Crippen molar-refractivity contribution in [2.45, 2.75) is 26.7 Å². The minimum atomic E-state index is 0.804. The molecule has 1 rings (SSSR count). The van der Waals surface area contributed by atoms with E-state index in [0.717, 1.165) is 11.4 Å². The molecule has 0 saturated carbocycles. The number of allylic oxidation sites excluding steroid dienone is 1. The lowest BCUT2D eigenvalue weighted by molar-refractivity contribution is 0.912. The molecule has 0 nitrogen and oxygen atoms in total. The van der Waals surface area contributed by atoms with E-state index >= 15 is 0 Å². The van der Waals surface area contributed by atoms with Crippen molar-refractivity contribution >= 4 is 17.7 Å². The van der Waals surface area contributed by atoms with Crippen molar-refractivity contribution in [3.63, 3.8) is 0 Å². The summed E-state index contributed by atoms with van der Waals surface area (Å²) in [7, 11) is 0. The summed E-state index contributed by atoms with van der Waals surface area (Å²) in [5.74, 6) is 0. The van der Waals surface area contributed by atoms with E-state index in [9.17, 15) is 0 Å².